The molecule has 0 aromatic heterocycles. The van der Waals surface area contributed by atoms with Crippen molar-refractivity contribution in [2.45, 2.75) is 18.9 Å². The third kappa shape index (κ3) is 6.78. The van der Waals surface area contributed by atoms with Gasteiger partial charge in [-0.3, -0.25) is 4.57 Å². The normalized spacial score (nSPS) is 13.1. The first-order chi connectivity index (χ1) is 7.39. The Kier molecular flexibility index (Phi) is 7.72. The van der Waals surface area contributed by atoms with Crippen molar-refractivity contribution in [3.05, 3.63) is 0 Å². The van der Waals surface area contributed by atoms with Gasteiger partial charge >= 0.3 is 8.80 Å². The molecule has 0 aromatic carbocycles. The Morgan fingerprint density at radius 2 is 1.50 bits per heavy atom. The molecule has 0 N–H and O–H groups in total. The standard InChI is InChI=1S/C9H23O5PSi/c1-11-16(12-2,13-3)9-7-6-8-14-15(4,5)10/h6-9H2,1-5H3. The van der Waals surface area contributed by atoms with Crippen LogP contribution < -0.4 is 0 Å². The first kappa shape index (κ1) is 16.3. The minimum Gasteiger partial charge on any atom is -0.377 e. The smallest absolute Gasteiger partial charge is 0.377 e. The van der Waals surface area contributed by atoms with E-state index in [1.807, 2.05) is 0 Å². The van der Waals surface area contributed by atoms with E-state index in [9.17, 15) is 4.57 Å². The first-order valence-corrected chi connectivity index (χ1v) is 9.69. The fourth-order valence-corrected chi connectivity index (χ4v) is 3.65. The van der Waals surface area contributed by atoms with Gasteiger partial charge in [-0.25, -0.2) is 0 Å². The topological polar surface area (TPSA) is 54.0 Å². The molecule has 0 fully saturated rings. The molecule has 0 atom stereocenters. The van der Waals surface area contributed by atoms with Gasteiger partial charge in [0.1, 0.15) is 0 Å². The Balaban J connectivity index is 3.76. The van der Waals surface area contributed by atoms with Crippen LogP contribution in [0.25, 0.3) is 0 Å². The molecule has 0 spiro atoms. The number of hydrogen-bond acceptors (Lipinski definition) is 5. The summed E-state index contributed by atoms with van der Waals surface area (Å²) in [6.07, 6.45) is 1.71. The highest BCUT2D eigenvalue weighted by Crippen LogP contribution is 2.37. The molecular formula is C9H23O5PSi. The molecular weight excluding hydrogens is 247 g/mol. The Labute approximate surface area is 99.2 Å². The monoisotopic (exact) mass is 270 g/mol. The average molecular weight is 270 g/mol. The second-order valence-corrected chi connectivity index (χ2v) is 9.69. The highest BCUT2D eigenvalue weighted by Gasteiger charge is 2.36. The quantitative estimate of drug-likeness (QED) is 0.365. The Morgan fingerprint density at radius 3 is 1.88 bits per heavy atom. The van der Waals surface area contributed by atoms with E-state index in [1.165, 1.54) is 0 Å². The van der Waals surface area contributed by atoms with Gasteiger partial charge < -0.3 is 17.8 Å². The van der Waals surface area contributed by atoms with Crippen molar-refractivity contribution in [3.63, 3.8) is 0 Å². The lowest BCUT2D eigenvalue weighted by Crippen LogP contribution is -2.42. The summed E-state index contributed by atoms with van der Waals surface area (Å²) in [5.74, 6) is 0. The summed E-state index contributed by atoms with van der Waals surface area (Å²) in [6, 6.07) is 0.748. The summed E-state index contributed by atoms with van der Waals surface area (Å²) < 4.78 is 32.3. The van der Waals surface area contributed by atoms with Gasteiger partial charge in [-0.15, -0.1) is 0 Å². The van der Waals surface area contributed by atoms with Gasteiger partial charge in [-0.2, -0.15) is 0 Å². The maximum absolute atomic E-state index is 11.3. The average Bonchev–Trinajstić information content (AvgIpc) is 2.23. The SMILES string of the molecule is CO[Si](CCCCOP(C)(C)=O)(OC)OC. The Morgan fingerprint density at radius 1 is 1.00 bits per heavy atom. The molecule has 0 radical (unpaired) electrons. The Bertz CT molecular complexity index is 218. The molecule has 0 rings (SSSR count). The molecule has 0 bridgehead atoms. The Hall–Kier alpha value is 0.287. The molecule has 0 amide bonds. The van der Waals surface area contributed by atoms with Crippen LogP contribution >= 0.6 is 7.37 Å². The van der Waals surface area contributed by atoms with Crippen LogP contribution in [-0.2, 0) is 22.4 Å². The fourth-order valence-electron chi connectivity index (χ4n) is 1.28. The summed E-state index contributed by atoms with van der Waals surface area (Å²) in [7, 11) is 0.00995. The number of hydrogen-bond donors (Lipinski definition) is 0. The minimum absolute atomic E-state index is 0.506. The van der Waals surface area contributed by atoms with Crippen molar-refractivity contribution in [2.24, 2.45) is 0 Å². The molecule has 0 aromatic rings. The van der Waals surface area contributed by atoms with Gasteiger partial charge in [-0.1, -0.05) is 0 Å². The second-order valence-electron chi connectivity index (χ2n) is 3.84. The molecule has 0 heterocycles. The van der Waals surface area contributed by atoms with E-state index >= 15 is 0 Å². The van der Waals surface area contributed by atoms with Gasteiger partial charge in [0.25, 0.3) is 0 Å². The summed E-state index contributed by atoms with van der Waals surface area (Å²) in [5, 5.41) is 0. The lowest BCUT2D eigenvalue weighted by atomic mass is 10.4. The first-order valence-electron chi connectivity index (χ1n) is 5.24. The van der Waals surface area contributed by atoms with E-state index in [0.29, 0.717) is 6.61 Å². The van der Waals surface area contributed by atoms with E-state index in [4.69, 9.17) is 17.8 Å². The molecule has 0 unspecified atom stereocenters. The van der Waals surface area contributed by atoms with Crippen molar-refractivity contribution in [2.75, 3.05) is 41.3 Å². The lowest BCUT2D eigenvalue weighted by Gasteiger charge is -2.24. The van der Waals surface area contributed by atoms with Crippen molar-refractivity contribution in [1.82, 2.24) is 0 Å². The van der Waals surface area contributed by atoms with Crippen LogP contribution in [-0.4, -0.2) is 50.1 Å². The molecule has 0 saturated carbocycles. The maximum atomic E-state index is 11.3. The van der Waals surface area contributed by atoms with Crippen LogP contribution in [0, 0.1) is 0 Å². The second kappa shape index (κ2) is 7.58. The maximum Gasteiger partial charge on any atom is 0.500 e. The molecule has 0 aliphatic heterocycles. The van der Waals surface area contributed by atoms with Crippen LogP contribution in [0.4, 0.5) is 0 Å². The molecule has 0 aliphatic carbocycles. The zero-order valence-electron chi connectivity index (χ0n) is 10.8. The van der Waals surface area contributed by atoms with Crippen molar-refractivity contribution < 1.29 is 22.4 Å². The van der Waals surface area contributed by atoms with Crippen molar-refractivity contribution in [1.29, 1.82) is 0 Å². The van der Waals surface area contributed by atoms with Gasteiger partial charge in [0.15, 0.2) is 7.37 Å². The summed E-state index contributed by atoms with van der Waals surface area (Å²) in [5.41, 5.74) is 0. The third-order valence-electron chi connectivity index (χ3n) is 2.21. The highest BCUT2D eigenvalue weighted by atomic mass is 31.2. The summed E-state index contributed by atoms with van der Waals surface area (Å²) in [4.78, 5) is 0. The van der Waals surface area contributed by atoms with Gasteiger partial charge in [0, 0.05) is 40.7 Å². The van der Waals surface area contributed by atoms with Crippen LogP contribution in [0.2, 0.25) is 6.04 Å². The largest absolute Gasteiger partial charge is 0.500 e. The van der Waals surface area contributed by atoms with Gasteiger partial charge in [0.05, 0.1) is 6.61 Å². The molecule has 7 heteroatoms. The van der Waals surface area contributed by atoms with Crippen LogP contribution in [0.5, 0.6) is 0 Å². The highest BCUT2D eigenvalue weighted by molar-refractivity contribution is 7.57. The molecule has 16 heavy (non-hydrogen) atoms. The van der Waals surface area contributed by atoms with E-state index in [0.717, 1.165) is 18.9 Å². The fraction of sp³-hybridized carbons (Fsp3) is 1.00. The molecule has 98 valence electrons. The lowest BCUT2D eigenvalue weighted by molar-refractivity contribution is 0.122. The molecule has 0 aliphatic rings. The summed E-state index contributed by atoms with van der Waals surface area (Å²) >= 11 is 0. The van der Waals surface area contributed by atoms with Gasteiger partial charge in [-0.05, 0) is 12.8 Å². The molecule has 0 saturated heterocycles. The van der Waals surface area contributed by atoms with Crippen molar-refractivity contribution >= 4 is 16.2 Å². The van der Waals surface area contributed by atoms with E-state index in [1.54, 1.807) is 34.7 Å². The predicted molar refractivity (Wildman–Crippen MR) is 66.2 cm³/mol. The summed E-state index contributed by atoms with van der Waals surface area (Å²) in [6.45, 7) is 3.74. The minimum atomic E-state index is -2.44. The number of unbranched alkanes of at least 4 members (excludes halogenated alkanes) is 1. The number of rotatable bonds is 9. The zero-order chi connectivity index (χ0) is 12.7. The van der Waals surface area contributed by atoms with Gasteiger partial charge in [0.2, 0.25) is 0 Å². The van der Waals surface area contributed by atoms with Crippen molar-refractivity contribution in [3.8, 4) is 0 Å². The third-order valence-corrected chi connectivity index (χ3v) is 5.85. The van der Waals surface area contributed by atoms with E-state index in [2.05, 4.69) is 0 Å². The van der Waals surface area contributed by atoms with E-state index < -0.39 is 16.2 Å². The predicted octanol–water partition coefficient (Wildman–Crippen LogP) is 2.20. The van der Waals surface area contributed by atoms with Crippen LogP contribution in [0.15, 0.2) is 0 Å². The zero-order valence-corrected chi connectivity index (χ0v) is 12.7. The van der Waals surface area contributed by atoms with E-state index in [-0.39, 0.29) is 0 Å². The van der Waals surface area contributed by atoms with Crippen LogP contribution in [0.3, 0.4) is 0 Å². The van der Waals surface area contributed by atoms with Crippen LogP contribution in [0.1, 0.15) is 12.8 Å². The molecule has 5 nitrogen and oxygen atoms in total.